The molecule has 1 aromatic rings. The molecule has 0 radical (unpaired) electrons. The number of hydrogen-bond donors (Lipinski definition) is 0. The molecule has 0 bridgehead atoms. The summed E-state index contributed by atoms with van der Waals surface area (Å²) in [5, 5.41) is 10.8. The number of nitrogens with zero attached hydrogens (tertiary/aromatic N) is 2. The molecule has 2 rings (SSSR count). The van der Waals surface area contributed by atoms with Crippen molar-refractivity contribution in [1.82, 2.24) is 0 Å². The van der Waals surface area contributed by atoms with E-state index in [1.54, 1.807) is 6.07 Å². The first-order chi connectivity index (χ1) is 8.61. The Morgan fingerprint density at radius 2 is 2.11 bits per heavy atom. The van der Waals surface area contributed by atoms with Gasteiger partial charge in [0.15, 0.2) is 0 Å². The first-order valence-corrected chi connectivity index (χ1v) is 7.38. The van der Waals surface area contributed by atoms with Gasteiger partial charge in [0.1, 0.15) is 0 Å². The molecule has 98 valence electrons. The average molecular weight is 360 g/mol. The van der Waals surface area contributed by atoms with Gasteiger partial charge in [-0.2, -0.15) is 0 Å². The Morgan fingerprint density at radius 1 is 1.44 bits per heavy atom. The van der Waals surface area contributed by atoms with Crippen molar-refractivity contribution < 1.29 is 4.92 Å². The summed E-state index contributed by atoms with van der Waals surface area (Å²) in [6.45, 7) is 4.37. The maximum Gasteiger partial charge on any atom is 0.282 e. The number of hydrogen-bond acceptors (Lipinski definition) is 3. The second-order valence-corrected chi connectivity index (χ2v) is 5.89. The molecule has 0 amide bonds. The van der Waals surface area contributed by atoms with Crippen molar-refractivity contribution in [3.63, 3.8) is 0 Å². The van der Waals surface area contributed by atoms with Crippen LogP contribution in [0.3, 0.4) is 0 Å². The van der Waals surface area contributed by atoms with E-state index in [2.05, 4.69) is 11.8 Å². The standard InChI is InChI=1S/C13H17IN2O2/c1-2-10-5-7-15(8-6-10)11-3-4-13(16(17)18)12(14)9-11/h3-4,9-10H,2,5-8H2,1H3. The van der Waals surface area contributed by atoms with Crippen molar-refractivity contribution in [3.8, 4) is 0 Å². The molecule has 1 heterocycles. The van der Waals surface area contributed by atoms with Crippen LogP contribution in [0.25, 0.3) is 0 Å². The number of nitro benzene ring substituents is 1. The van der Waals surface area contributed by atoms with Crippen LogP contribution in [0.5, 0.6) is 0 Å². The third-order valence-electron chi connectivity index (χ3n) is 3.68. The van der Waals surface area contributed by atoms with Crippen LogP contribution in [-0.4, -0.2) is 18.0 Å². The topological polar surface area (TPSA) is 46.4 Å². The van der Waals surface area contributed by atoms with Crippen LogP contribution in [0.4, 0.5) is 11.4 Å². The molecule has 0 unspecified atom stereocenters. The van der Waals surface area contributed by atoms with Crippen LogP contribution in [0.15, 0.2) is 18.2 Å². The largest absolute Gasteiger partial charge is 0.371 e. The van der Waals surface area contributed by atoms with Crippen LogP contribution in [0.1, 0.15) is 26.2 Å². The summed E-state index contributed by atoms with van der Waals surface area (Å²) in [5.41, 5.74) is 1.31. The molecule has 0 saturated carbocycles. The third-order valence-corrected chi connectivity index (χ3v) is 4.55. The van der Waals surface area contributed by atoms with E-state index in [0.717, 1.165) is 24.7 Å². The Kier molecular flexibility index (Phi) is 4.42. The fourth-order valence-electron chi connectivity index (χ4n) is 2.44. The zero-order chi connectivity index (χ0) is 13.1. The van der Waals surface area contributed by atoms with E-state index in [1.165, 1.54) is 19.3 Å². The molecule has 0 atom stereocenters. The summed E-state index contributed by atoms with van der Waals surface area (Å²) in [6, 6.07) is 5.40. The fourth-order valence-corrected chi connectivity index (χ4v) is 3.14. The number of piperidine rings is 1. The van der Waals surface area contributed by atoms with Gasteiger partial charge in [-0.25, -0.2) is 0 Å². The summed E-state index contributed by atoms with van der Waals surface area (Å²) in [5.74, 6) is 0.846. The van der Waals surface area contributed by atoms with E-state index in [4.69, 9.17) is 0 Å². The SMILES string of the molecule is CCC1CCN(c2ccc([N+](=O)[O-])c(I)c2)CC1. The predicted octanol–water partition coefficient (Wildman–Crippen LogP) is 3.83. The van der Waals surface area contributed by atoms with Gasteiger partial charge in [-0.15, -0.1) is 0 Å². The molecular weight excluding hydrogens is 343 g/mol. The number of anilines is 1. The lowest BCUT2D eigenvalue weighted by Gasteiger charge is -2.33. The molecule has 1 aromatic carbocycles. The Morgan fingerprint density at radius 3 is 2.61 bits per heavy atom. The summed E-state index contributed by atoms with van der Waals surface area (Å²) < 4.78 is 0.715. The lowest BCUT2D eigenvalue weighted by atomic mass is 9.94. The predicted molar refractivity (Wildman–Crippen MR) is 81.0 cm³/mol. The maximum atomic E-state index is 10.8. The summed E-state index contributed by atoms with van der Waals surface area (Å²) in [7, 11) is 0. The van der Waals surface area contributed by atoms with Gasteiger partial charge in [0, 0.05) is 24.8 Å². The lowest BCUT2D eigenvalue weighted by molar-refractivity contribution is -0.385. The van der Waals surface area contributed by atoms with Gasteiger partial charge in [-0.3, -0.25) is 10.1 Å². The van der Waals surface area contributed by atoms with Crippen molar-refractivity contribution in [2.45, 2.75) is 26.2 Å². The molecule has 5 heteroatoms. The maximum absolute atomic E-state index is 10.8. The van der Waals surface area contributed by atoms with Gasteiger partial charge < -0.3 is 4.90 Å². The van der Waals surface area contributed by atoms with Crippen molar-refractivity contribution in [3.05, 3.63) is 31.9 Å². The zero-order valence-corrected chi connectivity index (χ0v) is 12.6. The third kappa shape index (κ3) is 2.93. The highest BCUT2D eigenvalue weighted by Gasteiger charge is 2.20. The number of halogens is 1. The van der Waals surface area contributed by atoms with E-state index in [9.17, 15) is 10.1 Å². The van der Waals surface area contributed by atoms with Crippen molar-refractivity contribution in [1.29, 1.82) is 0 Å². The summed E-state index contributed by atoms with van der Waals surface area (Å²) in [6.07, 6.45) is 3.71. The second-order valence-electron chi connectivity index (χ2n) is 4.73. The van der Waals surface area contributed by atoms with Gasteiger partial charge in [-0.1, -0.05) is 13.3 Å². The lowest BCUT2D eigenvalue weighted by Crippen LogP contribution is -2.33. The molecule has 0 aliphatic carbocycles. The van der Waals surface area contributed by atoms with Crippen LogP contribution in [0.2, 0.25) is 0 Å². The van der Waals surface area contributed by atoms with E-state index in [1.807, 2.05) is 34.7 Å². The minimum absolute atomic E-state index is 0.197. The van der Waals surface area contributed by atoms with Crippen molar-refractivity contribution in [2.75, 3.05) is 18.0 Å². The van der Waals surface area contributed by atoms with E-state index in [-0.39, 0.29) is 10.6 Å². The number of nitro groups is 1. The highest BCUT2D eigenvalue weighted by molar-refractivity contribution is 14.1. The Labute approximate surface area is 121 Å². The minimum atomic E-state index is -0.325. The summed E-state index contributed by atoms with van der Waals surface area (Å²) >= 11 is 2.04. The first kappa shape index (κ1) is 13.6. The quantitative estimate of drug-likeness (QED) is 0.468. The monoisotopic (exact) mass is 360 g/mol. The molecule has 1 aliphatic heterocycles. The second kappa shape index (κ2) is 5.86. The molecule has 1 saturated heterocycles. The zero-order valence-electron chi connectivity index (χ0n) is 10.4. The first-order valence-electron chi connectivity index (χ1n) is 6.30. The Bertz CT molecular complexity index is 443. The Balaban J connectivity index is 2.11. The van der Waals surface area contributed by atoms with Gasteiger partial charge in [-0.05, 0) is 53.5 Å². The highest BCUT2D eigenvalue weighted by atomic mass is 127. The molecular formula is C13H17IN2O2. The molecule has 0 spiro atoms. The van der Waals surface area contributed by atoms with Crippen LogP contribution in [0, 0.1) is 19.6 Å². The fraction of sp³-hybridized carbons (Fsp3) is 0.538. The molecule has 1 aliphatic rings. The number of rotatable bonds is 3. The summed E-state index contributed by atoms with van der Waals surface area (Å²) in [4.78, 5) is 12.8. The molecule has 0 aromatic heterocycles. The van der Waals surface area contributed by atoms with Gasteiger partial charge in [0.2, 0.25) is 0 Å². The Hall–Kier alpha value is -0.850. The van der Waals surface area contributed by atoms with Crippen LogP contribution in [-0.2, 0) is 0 Å². The van der Waals surface area contributed by atoms with Crippen LogP contribution < -0.4 is 4.90 Å². The molecule has 1 fully saturated rings. The van der Waals surface area contributed by atoms with E-state index >= 15 is 0 Å². The number of benzene rings is 1. The van der Waals surface area contributed by atoms with Crippen molar-refractivity contribution >= 4 is 34.0 Å². The normalized spacial score (nSPS) is 16.9. The molecule has 0 N–H and O–H groups in total. The van der Waals surface area contributed by atoms with Crippen molar-refractivity contribution in [2.24, 2.45) is 5.92 Å². The smallest absolute Gasteiger partial charge is 0.282 e. The molecule has 4 nitrogen and oxygen atoms in total. The van der Waals surface area contributed by atoms with Gasteiger partial charge in [0.05, 0.1) is 8.49 Å². The van der Waals surface area contributed by atoms with Gasteiger partial charge in [0.25, 0.3) is 5.69 Å². The highest BCUT2D eigenvalue weighted by Crippen LogP contribution is 2.29. The average Bonchev–Trinajstić information content (AvgIpc) is 2.38. The van der Waals surface area contributed by atoms with E-state index in [0.29, 0.717) is 3.57 Å². The van der Waals surface area contributed by atoms with Crippen LogP contribution >= 0.6 is 22.6 Å². The van der Waals surface area contributed by atoms with Gasteiger partial charge >= 0.3 is 0 Å². The molecule has 18 heavy (non-hydrogen) atoms. The minimum Gasteiger partial charge on any atom is -0.371 e. The van der Waals surface area contributed by atoms with E-state index < -0.39 is 0 Å².